The van der Waals surface area contributed by atoms with Crippen LogP contribution in [0.2, 0.25) is 0 Å². The zero-order valence-electron chi connectivity index (χ0n) is 9.10. The molecule has 0 aliphatic heterocycles. The van der Waals surface area contributed by atoms with Crippen LogP contribution in [0.3, 0.4) is 0 Å². The second kappa shape index (κ2) is 6.42. The summed E-state index contributed by atoms with van der Waals surface area (Å²) in [6.45, 7) is 3.30. The van der Waals surface area contributed by atoms with E-state index in [0.717, 1.165) is 18.4 Å². The van der Waals surface area contributed by atoms with Gasteiger partial charge >= 0.3 is 0 Å². The van der Waals surface area contributed by atoms with E-state index in [1.165, 1.54) is 51.4 Å². The molecule has 1 rings (SSSR count). The molecule has 0 aromatic carbocycles. The van der Waals surface area contributed by atoms with Crippen molar-refractivity contribution in [3.8, 4) is 0 Å². The summed E-state index contributed by atoms with van der Waals surface area (Å²) >= 11 is 0. The fraction of sp³-hybridized carbons (Fsp3) is 1.00. The van der Waals surface area contributed by atoms with E-state index in [0.29, 0.717) is 0 Å². The molecule has 0 bridgehead atoms. The third kappa shape index (κ3) is 4.12. The van der Waals surface area contributed by atoms with Crippen LogP contribution in [-0.2, 0) is 0 Å². The average Bonchev–Trinajstić information content (AvgIpc) is 2.52. The number of hydrogen-bond donors (Lipinski definition) is 1. The molecule has 1 fully saturated rings. The van der Waals surface area contributed by atoms with Gasteiger partial charge in [0.25, 0.3) is 0 Å². The molecular weight excluding hydrogens is 158 g/mol. The quantitative estimate of drug-likeness (QED) is 0.628. The van der Waals surface area contributed by atoms with Crippen LogP contribution >= 0.6 is 0 Å². The molecule has 0 heterocycles. The molecule has 1 saturated carbocycles. The maximum Gasteiger partial charge on any atom is -0.00773 e. The molecule has 0 amide bonds. The van der Waals surface area contributed by atoms with Crippen molar-refractivity contribution in [2.45, 2.75) is 58.3 Å². The highest BCUT2D eigenvalue weighted by atomic mass is 14.5. The van der Waals surface area contributed by atoms with Crippen molar-refractivity contribution in [3.63, 3.8) is 0 Å². The molecule has 0 spiro atoms. The standard InChI is InChI=1S/C12H25N/c1-11-7-6-9-12(11)8-4-2-3-5-10-13/h11-12H,2-10,13H2,1H3. The van der Waals surface area contributed by atoms with Gasteiger partial charge < -0.3 is 5.73 Å². The van der Waals surface area contributed by atoms with Crippen molar-refractivity contribution in [1.29, 1.82) is 0 Å². The summed E-state index contributed by atoms with van der Waals surface area (Å²) in [6, 6.07) is 0. The highest BCUT2D eigenvalue weighted by molar-refractivity contribution is 4.73. The molecule has 0 radical (unpaired) electrons. The Hall–Kier alpha value is -0.0400. The zero-order valence-corrected chi connectivity index (χ0v) is 9.10. The SMILES string of the molecule is CC1CCCC1CCCCCCN. The predicted octanol–water partition coefficient (Wildman–Crippen LogP) is 3.33. The summed E-state index contributed by atoms with van der Waals surface area (Å²) in [5, 5.41) is 0. The van der Waals surface area contributed by atoms with Crippen LogP contribution in [0.25, 0.3) is 0 Å². The molecule has 2 atom stereocenters. The maximum atomic E-state index is 5.45. The van der Waals surface area contributed by atoms with E-state index in [2.05, 4.69) is 6.92 Å². The minimum Gasteiger partial charge on any atom is -0.330 e. The van der Waals surface area contributed by atoms with E-state index < -0.39 is 0 Å². The highest BCUT2D eigenvalue weighted by Gasteiger charge is 2.22. The highest BCUT2D eigenvalue weighted by Crippen LogP contribution is 2.34. The van der Waals surface area contributed by atoms with Gasteiger partial charge in [-0.3, -0.25) is 0 Å². The van der Waals surface area contributed by atoms with Crippen molar-refractivity contribution in [1.82, 2.24) is 0 Å². The Labute approximate surface area is 83.1 Å². The molecule has 0 aromatic rings. The first-order valence-corrected chi connectivity index (χ1v) is 6.04. The number of rotatable bonds is 6. The maximum absolute atomic E-state index is 5.45. The minimum atomic E-state index is 0.875. The molecule has 1 nitrogen and oxygen atoms in total. The average molecular weight is 183 g/mol. The largest absolute Gasteiger partial charge is 0.330 e. The molecule has 2 N–H and O–H groups in total. The Morgan fingerprint density at radius 1 is 1.08 bits per heavy atom. The van der Waals surface area contributed by atoms with E-state index in [4.69, 9.17) is 5.73 Å². The zero-order chi connectivity index (χ0) is 9.52. The number of hydrogen-bond acceptors (Lipinski definition) is 1. The van der Waals surface area contributed by atoms with Gasteiger partial charge in [0.15, 0.2) is 0 Å². The Bertz CT molecular complexity index is 122. The van der Waals surface area contributed by atoms with E-state index in [9.17, 15) is 0 Å². The first kappa shape index (κ1) is 11.0. The van der Waals surface area contributed by atoms with Crippen LogP contribution in [0.5, 0.6) is 0 Å². The van der Waals surface area contributed by atoms with Crippen LogP contribution < -0.4 is 5.73 Å². The van der Waals surface area contributed by atoms with Crippen molar-refractivity contribution in [2.75, 3.05) is 6.54 Å². The summed E-state index contributed by atoms with van der Waals surface area (Å²) in [4.78, 5) is 0. The molecule has 2 unspecified atom stereocenters. The van der Waals surface area contributed by atoms with Gasteiger partial charge in [0.1, 0.15) is 0 Å². The predicted molar refractivity (Wildman–Crippen MR) is 58.6 cm³/mol. The fourth-order valence-electron chi connectivity index (χ4n) is 2.56. The van der Waals surface area contributed by atoms with Gasteiger partial charge in [-0.1, -0.05) is 51.9 Å². The molecule has 1 aliphatic rings. The third-order valence-electron chi connectivity index (χ3n) is 3.57. The van der Waals surface area contributed by atoms with Gasteiger partial charge in [-0.25, -0.2) is 0 Å². The summed E-state index contributed by atoms with van der Waals surface area (Å²) in [5.41, 5.74) is 5.45. The second-order valence-corrected chi connectivity index (χ2v) is 4.66. The summed E-state index contributed by atoms with van der Waals surface area (Å²) in [5.74, 6) is 2.06. The molecule has 0 aromatic heterocycles. The Kier molecular flexibility index (Phi) is 5.45. The fourth-order valence-corrected chi connectivity index (χ4v) is 2.56. The van der Waals surface area contributed by atoms with Crippen LogP contribution in [0.4, 0.5) is 0 Å². The van der Waals surface area contributed by atoms with Crippen LogP contribution in [0, 0.1) is 11.8 Å². The second-order valence-electron chi connectivity index (χ2n) is 4.66. The van der Waals surface area contributed by atoms with E-state index in [1.807, 2.05) is 0 Å². The monoisotopic (exact) mass is 183 g/mol. The Morgan fingerprint density at radius 2 is 1.85 bits per heavy atom. The molecular formula is C12H25N. The first-order chi connectivity index (χ1) is 6.34. The molecule has 78 valence electrons. The lowest BCUT2D eigenvalue weighted by Gasteiger charge is -2.14. The molecule has 13 heavy (non-hydrogen) atoms. The van der Waals surface area contributed by atoms with Gasteiger partial charge in [0.2, 0.25) is 0 Å². The Balaban J connectivity index is 1.93. The van der Waals surface area contributed by atoms with Crippen molar-refractivity contribution >= 4 is 0 Å². The lowest BCUT2D eigenvalue weighted by molar-refractivity contribution is 0.374. The minimum absolute atomic E-state index is 0.875. The lowest BCUT2D eigenvalue weighted by Crippen LogP contribution is -2.03. The van der Waals surface area contributed by atoms with E-state index in [1.54, 1.807) is 0 Å². The Morgan fingerprint density at radius 3 is 2.46 bits per heavy atom. The first-order valence-electron chi connectivity index (χ1n) is 6.04. The van der Waals surface area contributed by atoms with Crippen LogP contribution in [-0.4, -0.2) is 6.54 Å². The van der Waals surface area contributed by atoms with Crippen LogP contribution in [0.15, 0.2) is 0 Å². The van der Waals surface area contributed by atoms with Gasteiger partial charge in [-0.15, -0.1) is 0 Å². The van der Waals surface area contributed by atoms with Gasteiger partial charge in [-0.2, -0.15) is 0 Å². The van der Waals surface area contributed by atoms with E-state index >= 15 is 0 Å². The summed E-state index contributed by atoms with van der Waals surface area (Å²) in [6.07, 6.45) is 11.3. The topological polar surface area (TPSA) is 26.0 Å². The van der Waals surface area contributed by atoms with Gasteiger partial charge in [0.05, 0.1) is 0 Å². The normalized spacial score (nSPS) is 28.2. The number of nitrogens with two attached hydrogens (primary N) is 1. The molecule has 1 aliphatic carbocycles. The van der Waals surface area contributed by atoms with Gasteiger partial charge in [-0.05, 0) is 24.8 Å². The lowest BCUT2D eigenvalue weighted by atomic mass is 9.92. The molecule has 1 heteroatoms. The van der Waals surface area contributed by atoms with Crippen LogP contribution in [0.1, 0.15) is 58.3 Å². The van der Waals surface area contributed by atoms with Crippen molar-refractivity contribution in [3.05, 3.63) is 0 Å². The molecule has 0 saturated heterocycles. The smallest absolute Gasteiger partial charge is 0.00773 e. The third-order valence-corrected chi connectivity index (χ3v) is 3.57. The van der Waals surface area contributed by atoms with Gasteiger partial charge in [0, 0.05) is 0 Å². The summed E-state index contributed by atoms with van der Waals surface area (Å²) < 4.78 is 0. The van der Waals surface area contributed by atoms with E-state index in [-0.39, 0.29) is 0 Å². The number of unbranched alkanes of at least 4 members (excludes halogenated alkanes) is 3. The van der Waals surface area contributed by atoms with Crippen molar-refractivity contribution in [2.24, 2.45) is 17.6 Å². The summed E-state index contributed by atoms with van der Waals surface area (Å²) in [7, 11) is 0. The van der Waals surface area contributed by atoms with Crippen molar-refractivity contribution < 1.29 is 0 Å².